The highest BCUT2D eigenvalue weighted by atomic mass is 79.9. The van der Waals surface area contributed by atoms with Gasteiger partial charge in [0.1, 0.15) is 0 Å². The van der Waals surface area contributed by atoms with Crippen LogP contribution >= 0.6 is 15.9 Å². The number of fused-ring (bicyclic) bond motifs is 1. The number of aryl methyl sites for hydroxylation is 1. The maximum Gasteiger partial charge on any atom is 0.255 e. The predicted molar refractivity (Wildman–Crippen MR) is 138 cm³/mol. The molecule has 0 unspecified atom stereocenters. The van der Waals surface area contributed by atoms with Crippen molar-refractivity contribution in [3.05, 3.63) is 112 Å². The third-order valence-corrected chi connectivity index (χ3v) is 7.07. The van der Waals surface area contributed by atoms with E-state index in [-0.39, 0.29) is 5.91 Å². The molecule has 0 bridgehead atoms. The van der Waals surface area contributed by atoms with E-state index in [1.54, 1.807) is 6.20 Å². The molecule has 2 heterocycles. The molecule has 2 aromatic heterocycles. The third-order valence-electron chi connectivity index (χ3n) is 5.92. The number of rotatable bonds is 6. The quantitative estimate of drug-likeness (QED) is 0.304. The number of carbonyl (C=O) groups is 1. The van der Waals surface area contributed by atoms with Gasteiger partial charge in [-0.2, -0.15) is 10.2 Å². The molecule has 0 aliphatic heterocycles. The number of aromatic nitrogens is 4. The predicted octanol–water partition coefficient (Wildman–Crippen LogP) is 5.96. The van der Waals surface area contributed by atoms with E-state index < -0.39 is 0 Å². The molecule has 170 valence electrons. The van der Waals surface area contributed by atoms with Crippen LogP contribution in [0.15, 0.2) is 83.6 Å². The first kappa shape index (κ1) is 22.1. The van der Waals surface area contributed by atoms with Gasteiger partial charge in [-0.25, -0.2) is 0 Å². The van der Waals surface area contributed by atoms with Gasteiger partial charge in [-0.3, -0.25) is 14.2 Å². The average molecular weight is 514 g/mol. The number of carbonyl (C=O) groups excluding carboxylic acids is 1. The minimum Gasteiger partial charge on any atom is -0.319 e. The lowest BCUT2D eigenvalue weighted by Crippen LogP contribution is -2.12. The highest BCUT2D eigenvalue weighted by Gasteiger charge is 2.12. The van der Waals surface area contributed by atoms with Crippen LogP contribution in [0.2, 0.25) is 0 Å². The third kappa shape index (κ3) is 4.52. The second kappa shape index (κ2) is 9.27. The molecule has 0 radical (unpaired) electrons. The van der Waals surface area contributed by atoms with Crippen LogP contribution in [-0.2, 0) is 13.1 Å². The molecule has 1 N–H and O–H groups in total. The number of benzene rings is 3. The van der Waals surface area contributed by atoms with E-state index in [0.717, 1.165) is 21.4 Å². The molecule has 7 heteroatoms. The first-order valence-electron chi connectivity index (χ1n) is 11.1. The summed E-state index contributed by atoms with van der Waals surface area (Å²) in [5, 5.41) is 14.4. The summed E-state index contributed by atoms with van der Waals surface area (Å²) >= 11 is 3.57. The van der Waals surface area contributed by atoms with Crippen LogP contribution in [-0.4, -0.2) is 25.5 Å². The fourth-order valence-corrected chi connectivity index (χ4v) is 4.42. The summed E-state index contributed by atoms with van der Waals surface area (Å²) in [4.78, 5) is 12.9. The van der Waals surface area contributed by atoms with Crippen molar-refractivity contribution in [2.45, 2.75) is 26.9 Å². The van der Waals surface area contributed by atoms with Gasteiger partial charge in [-0.05, 0) is 63.8 Å². The monoisotopic (exact) mass is 513 g/mol. The van der Waals surface area contributed by atoms with Crippen molar-refractivity contribution in [3.8, 4) is 0 Å². The largest absolute Gasteiger partial charge is 0.319 e. The van der Waals surface area contributed by atoms with Crippen molar-refractivity contribution in [2.75, 3.05) is 5.32 Å². The first-order chi connectivity index (χ1) is 16.5. The molecule has 0 spiro atoms. The molecule has 0 aliphatic carbocycles. The summed E-state index contributed by atoms with van der Waals surface area (Å²) in [5.41, 5.74) is 5.47. The zero-order chi connectivity index (χ0) is 23.7. The number of hydrogen-bond acceptors (Lipinski definition) is 3. The molecule has 0 atom stereocenters. The van der Waals surface area contributed by atoms with Crippen molar-refractivity contribution in [1.82, 2.24) is 19.6 Å². The van der Waals surface area contributed by atoms with Crippen molar-refractivity contribution < 1.29 is 4.79 Å². The molecule has 5 aromatic rings. The fraction of sp³-hybridized carbons (Fsp3) is 0.148. The Morgan fingerprint density at radius 3 is 2.62 bits per heavy atom. The second-order valence-electron chi connectivity index (χ2n) is 8.36. The van der Waals surface area contributed by atoms with Crippen molar-refractivity contribution in [2.24, 2.45) is 0 Å². The average Bonchev–Trinajstić information content (AvgIpc) is 3.38. The summed E-state index contributed by atoms with van der Waals surface area (Å²) in [6.07, 6.45) is 3.54. The van der Waals surface area contributed by atoms with Crippen LogP contribution in [0, 0.1) is 13.8 Å². The number of amides is 1. The van der Waals surface area contributed by atoms with Gasteiger partial charge < -0.3 is 5.32 Å². The maximum atomic E-state index is 12.9. The SMILES string of the molecule is Cc1nn(Cc2cccc(C(=O)Nc3cnn(Cc4cccc5ccccc45)c3)c2)c(C)c1Br. The molecular weight excluding hydrogens is 490 g/mol. The minimum absolute atomic E-state index is 0.166. The van der Waals surface area contributed by atoms with E-state index in [1.807, 2.05) is 65.8 Å². The van der Waals surface area contributed by atoms with Crippen LogP contribution in [0.4, 0.5) is 5.69 Å². The van der Waals surface area contributed by atoms with Crippen molar-refractivity contribution in [3.63, 3.8) is 0 Å². The molecule has 0 aliphatic rings. The highest BCUT2D eigenvalue weighted by molar-refractivity contribution is 9.10. The Morgan fingerprint density at radius 1 is 1.00 bits per heavy atom. The Labute approximate surface area is 206 Å². The van der Waals surface area contributed by atoms with Gasteiger partial charge in [-0.15, -0.1) is 0 Å². The Kier molecular flexibility index (Phi) is 6.02. The lowest BCUT2D eigenvalue weighted by Gasteiger charge is -2.08. The number of nitrogens with zero attached hydrogens (tertiary/aromatic N) is 4. The van der Waals surface area contributed by atoms with Crippen molar-refractivity contribution >= 4 is 38.3 Å². The smallest absolute Gasteiger partial charge is 0.255 e. The van der Waals surface area contributed by atoms with E-state index in [1.165, 1.54) is 16.3 Å². The molecule has 0 saturated heterocycles. The zero-order valence-electron chi connectivity index (χ0n) is 19.0. The molecule has 0 fully saturated rings. The van der Waals surface area contributed by atoms with Crippen molar-refractivity contribution in [1.29, 1.82) is 0 Å². The lowest BCUT2D eigenvalue weighted by molar-refractivity contribution is 0.102. The summed E-state index contributed by atoms with van der Waals surface area (Å²) in [5.74, 6) is -0.166. The maximum absolute atomic E-state index is 12.9. The minimum atomic E-state index is -0.166. The summed E-state index contributed by atoms with van der Waals surface area (Å²) in [7, 11) is 0. The number of anilines is 1. The standard InChI is InChI=1S/C27H24BrN5O/c1-18-26(28)19(2)33(31-18)15-20-7-5-10-22(13-20)27(34)30-24-14-29-32(17-24)16-23-11-6-9-21-8-3-4-12-25(21)23/h3-14,17H,15-16H2,1-2H3,(H,30,34). The van der Waals surface area contributed by atoms with Crippen LogP contribution in [0.25, 0.3) is 10.8 Å². The van der Waals surface area contributed by atoms with Gasteiger partial charge in [0.15, 0.2) is 0 Å². The van der Waals surface area contributed by atoms with E-state index >= 15 is 0 Å². The molecule has 6 nitrogen and oxygen atoms in total. The number of hydrogen-bond donors (Lipinski definition) is 1. The molecular formula is C27H24BrN5O. The normalized spacial score (nSPS) is 11.1. The van der Waals surface area contributed by atoms with Gasteiger partial charge >= 0.3 is 0 Å². The highest BCUT2D eigenvalue weighted by Crippen LogP contribution is 2.22. The molecule has 3 aromatic carbocycles. The van der Waals surface area contributed by atoms with E-state index in [0.29, 0.717) is 24.3 Å². The lowest BCUT2D eigenvalue weighted by atomic mass is 10.0. The van der Waals surface area contributed by atoms with Gasteiger partial charge in [-0.1, -0.05) is 54.6 Å². The zero-order valence-corrected chi connectivity index (χ0v) is 20.6. The Morgan fingerprint density at radius 2 is 1.79 bits per heavy atom. The van der Waals surface area contributed by atoms with Gasteiger partial charge in [0.2, 0.25) is 0 Å². The number of nitrogens with one attached hydrogen (secondary N) is 1. The van der Waals surface area contributed by atoms with Crippen LogP contribution in [0.1, 0.15) is 32.9 Å². The van der Waals surface area contributed by atoms with E-state index in [9.17, 15) is 4.79 Å². The number of halogens is 1. The molecule has 0 saturated carbocycles. The van der Waals surface area contributed by atoms with Gasteiger partial charge in [0, 0.05) is 11.8 Å². The van der Waals surface area contributed by atoms with E-state index in [2.05, 4.69) is 61.8 Å². The Bertz CT molecular complexity index is 1490. The topological polar surface area (TPSA) is 64.7 Å². The Hall–Kier alpha value is -3.71. The summed E-state index contributed by atoms with van der Waals surface area (Å²) in [6, 6.07) is 22.2. The van der Waals surface area contributed by atoms with Crippen LogP contribution < -0.4 is 5.32 Å². The summed E-state index contributed by atoms with van der Waals surface area (Å²) in [6.45, 7) is 5.22. The van der Waals surface area contributed by atoms with Gasteiger partial charge in [0.05, 0.1) is 40.8 Å². The van der Waals surface area contributed by atoms with Crippen LogP contribution in [0.5, 0.6) is 0 Å². The molecule has 5 rings (SSSR count). The summed E-state index contributed by atoms with van der Waals surface area (Å²) < 4.78 is 4.80. The van der Waals surface area contributed by atoms with E-state index in [4.69, 9.17) is 0 Å². The molecule has 1 amide bonds. The molecule has 34 heavy (non-hydrogen) atoms. The van der Waals surface area contributed by atoms with Crippen LogP contribution in [0.3, 0.4) is 0 Å². The second-order valence-corrected chi connectivity index (χ2v) is 9.15. The Balaban J connectivity index is 1.29. The fourth-order valence-electron chi connectivity index (χ4n) is 4.14. The first-order valence-corrected chi connectivity index (χ1v) is 11.9. The van der Waals surface area contributed by atoms with Gasteiger partial charge in [0.25, 0.3) is 5.91 Å².